The maximum Gasteiger partial charge on any atom is 0.0614 e. The maximum atomic E-state index is 9.25. The van der Waals surface area contributed by atoms with E-state index in [2.05, 4.69) is 5.32 Å². The monoisotopic (exact) mass is 173 g/mol. The first-order chi connectivity index (χ1) is 5.83. The number of rotatable bonds is 4. The third-order valence-electron chi connectivity index (χ3n) is 2.67. The summed E-state index contributed by atoms with van der Waals surface area (Å²) in [6, 6.07) is 0. The number of hydrogen-bond acceptors (Lipinski definition) is 3. The molecule has 1 aliphatic heterocycles. The zero-order valence-corrected chi connectivity index (χ0v) is 7.81. The number of hydrogen-bond donors (Lipinski definition) is 2. The second-order valence-corrected chi connectivity index (χ2v) is 3.57. The van der Waals surface area contributed by atoms with E-state index in [4.69, 9.17) is 4.74 Å². The molecule has 3 heteroatoms. The molecule has 1 heterocycles. The van der Waals surface area contributed by atoms with Crippen LogP contribution in [0.2, 0.25) is 0 Å². The molecule has 1 atom stereocenters. The summed E-state index contributed by atoms with van der Waals surface area (Å²) < 4.78 is 5.02. The number of ether oxygens (including phenoxy) is 1. The van der Waals surface area contributed by atoms with Gasteiger partial charge in [0.25, 0.3) is 0 Å². The molecule has 0 aromatic carbocycles. The van der Waals surface area contributed by atoms with Gasteiger partial charge in [-0.05, 0) is 25.8 Å². The minimum absolute atomic E-state index is 0.0474. The first-order valence-electron chi connectivity index (χ1n) is 4.68. The smallest absolute Gasteiger partial charge is 0.0614 e. The largest absolute Gasteiger partial charge is 0.394 e. The van der Waals surface area contributed by atoms with E-state index in [0.29, 0.717) is 0 Å². The summed E-state index contributed by atoms with van der Waals surface area (Å²) in [4.78, 5) is 0. The third kappa shape index (κ3) is 2.44. The van der Waals surface area contributed by atoms with E-state index < -0.39 is 0 Å². The average Bonchev–Trinajstić information content (AvgIpc) is 2.16. The summed E-state index contributed by atoms with van der Waals surface area (Å²) in [6.45, 7) is 1.99. The standard InChI is InChI=1S/C9H19NO2/c1-12-7-5-9(8-11)4-2-3-6-10-9/h10-11H,2-8H2,1H3. The Balaban J connectivity index is 2.37. The number of piperidine rings is 1. The summed E-state index contributed by atoms with van der Waals surface area (Å²) in [5, 5.41) is 12.6. The Morgan fingerprint density at radius 1 is 1.50 bits per heavy atom. The van der Waals surface area contributed by atoms with Crippen molar-refractivity contribution in [2.45, 2.75) is 31.2 Å². The van der Waals surface area contributed by atoms with Gasteiger partial charge in [0, 0.05) is 19.3 Å². The second-order valence-electron chi connectivity index (χ2n) is 3.57. The van der Waals surface area contributed by atoms with Gasteiger partial charge < -0.3 is 15.2 Å². The molecule has 1 unspecified atom stereocenters. The molecule has 0 aromatic rings. The van der Waals surface area contributed by atoms with Crippen LogP contribution in [0, 0.1) is 0 Å². The van der Waals surface area contributed by atoms with Crippen LogP contribution in [-0.2, 0) is 4.74 Å². The van der Waals surface area contributed by atoms with Crippen molar-refractivity contribution in [2.75, 3.05) is 26.9 Å². The molecule has 0 radical (unpaired) electrons. The number of aliphatic hydroxyl groups is 1. The number of aliphatic hydroxyl groups excluding tert-OH is 1. The van der Waals surface area contributed by atoms with Crippen LogP contribution in [0.3, 0.4) is 0 Å². The highest BCUT2D eigenvalue weighted by Gasteiger charge is 2.30. The molecule has 1 aliphatic rings. The van der Waals surface area contributed by atoms with Crippen molar-refractivity contribution < 1.29 is 9.84 Å². The Hall–Kier alpha value is -0.120. The van der Waals surface area contributed by atoms with E-state index in [1.165, 1.54) is 12.8 Å². The molecule has 2 N–H and O–H groups in total. The normalized spacial score (nSPS) is 30.5. The van der Waals surface area contributed by atoms with E-state index >= 15 is 0 Å². The number of nitrogens with one attached hydrogen (secondary N) is 1. The van der Waals surface area contributed by atoms with Crippen LogP contribution in [0.4, 0.5) is 0 Å². The molecular weight excluding hydrogens is 154 g/mol. The van der Waals surface area contributed by atoms with Gasteiger partial charge in [0.2, 0.25) is 0 Å². The Bertz CT molecular complexity index is 122. The minimum Gasteiger partial charge on any atom is -0.394 e. The van der Waals surface area contributed by atoms with E-state index in [1.54, 1.807) is 7.11 Å². The number of methoxy groups -OCH3 is 1. The van der Waals surface area contributed by atoms with E-state index in [1.807, 2.05) is 0 Å². The maximum absolute atomic E-state index is 9.25. The average molecular weight is 173 g/mol. The highest BCUT2D eigenvalue weighted by atomic mass is 16.5. The lowest BCUT2D eigenvalue weighted by molar-refractivity contribution is 0.0867. The van der Waals surface area contributed by atoms with Gasteiger partial charge in [0.05, 0.1) is 6.61 Å². The van der Waals surface area contributed by atoms with Gasteiger partial charge in [-0.25, -0.2) is 0 Å². The van der Waals surface area contributed by atoms with Crippen LogP contribution in [0.5, 0.6) is 0 Å². The third-order valence-corrected chi connectivity index (χ3v) is 2.67. The van der Waals surface area contributed by atoms with E-state index in [9.17, 15) is 5.11 Å². The summed E-state index contributed by atoms with van der Waals surface area (Å²) in [6.07, 6.45) is 4.44. The van der Waals surface area contributed by atoms with Crippen LogP contribution in [-0.4, -0.2) is 37.5 Å². The quantitative estimate of drug-likeness (QED) is 0.651. The molecule has 0 spiro atoms. The molecule has 0 saturated carbocycles. The van der Waals surface area contributed by atoms with Crippen LogP contribution in [0.15, 0.2) is 0 Å². The van der Waals surface area contributed by atoms with Crippen molar-refractivity contribution in [3.8, 4) is 0 Å². The predicted molar refractivity (Wildman–Crippen MR) is 48.2 cm³/mol. The van der Waals surface area contributed by atoms with Gasteiger partial charge in [0.1, 0.15) is 0 Å². The van der Waals surface area contributed by atoms with Crippen molar-refractivity contribution >= 4 is 0 Å². The fraction of sp³-hybridized carbons (Fsp3) is 1.00. The van der Waals surface area contributed by atoms with Gasteiger partial charge in [0.15, 0.2) is 0 Å². The summed E-state index contributed by atoms with van der Waals surface area (Å²) >= 11 is 0. The zero-order valence-electron chi connectivity index (χ0n) is 7.81. The molecule has 72 valence electrons. The Morgan fingerprint density at radius 3 is 2.83 bits per heavy atom. The second kappa shape index (κ2) is 4.80. The molecule has 1 saturated heterocycles. The lowest BCUT2D eigenvalue weighted by Crippen LogP contribution is -2.52. The lowest BCUT2D eigenvalue weighted by atomic mass is 9.87. The summed E-state index contributed by atoms with van der Waals surface area (Å²) in [5.74, 6) is 0. The van der Waals surface area contributed by atoms with Crippen LogP contribution in [0.25, 0.3) is 0 Å². The van der Waals surface area contributed by atoms with Gasteiger partial charge in [-0.1, -0.05) is 6.42 Å². The van der Waals surface area contributed by atoms with Crippen molar-refractivity contribution in [1.82, 2.24) is 5.32 Å². The molecule has 1 rings (SSSR count). The van der Waals surface area contributed by atoms with Gasteiger partial charge >= 0.3 is 0 Å². The molecule has 0 aliphatic carbocycles. The summed E-state index contributed by atoms with van der Waals surface area (Å²) in [5.41, 5.74) is -0.0474. The fourth-order valence-electron chi connectivity index (χ4n) is 1.76. The summed E-state index contributed by atoms with van der Waals surface area (Å²) in [7, 11) is 1.70. The first kappa shape index (κ1) is 9.96. The Kier molecular flexibility index (Phi) is 3.98. The van der Waals surface area contributed by atoms with Crippen molar-refractivity contribution in [3.63, 3.8) is 0 Å². The molecule has 0 aromatic heterocycles. The van der Waals surface area contributed by atoms with Gasteiger partial charge in [-0.2, -0.15) is 0 Å². The SMILES string of the molecule is COCCC1(CO)CCCCN1. The van der Waals surface area contributed by atoms with E-state index in [-0.39, 0.29) is 12.1 Å². The van der Waals surface area contributed by atoms with Gasteiger partial charge in [-0.15, -0.1) is 0 Å². The van der Waals surface area contributed by atoms with Gasteiger partial charge in [-0.3, -0.25) is 0 Å². The van der Waals surface area contributed by atoms with Crippen molar-refractivity contribution in [3.05, 3.63) is 0 Å². The topological polar surface area (TPSA) is 41.5 Å². The lowest BCUT2D eigenvalue weighted by Gasteiger charge is -2.36. The van der Waals surface area contributed by atoms with Crippen LogP contribution in [0.1, 0.15) is 25.7 Å². The molecule has 3 nitrogen and oxygen atoms in total. The Labute approximate surface area is 74.1 Å². The van der Waals surface area contributed by atoms with Crippen molar-refractivity contribution in [2.24, 2.45) is 0 Å². The van der Waals surface area contributed by atoms with Crippen LogP contribution >= 0.6 is 0 Å². The molecule has 0 bridgehead atoms. The minimum atomic E-state index is -0.0474. The van der Waals surface area contributed by atoms with Crippen molar-refractivity contribution in [1.29, 1.82) is 0 Å². The Morgan fingerprint density at radius 2 is 2.33 bits per heavy atom. The first-order valence-corrected chi connectivity index (χ1v) is 4.68. The fourth-order valence-corrected chi connectivity index (χ4v) is 1.76. The van der Waals surface area contributed by atoms with E-state index in [0.717, 1.165) is 26.0 Å². The molecule has 1 fully saturated rings. The molecular formula is C9H19NO2. The molecule has 0 amide bonds. The predicted octanol–water partition coefficient (Wildman–Crippen LogP) is 0.528. The highest BCUT2D eigenvalue weighted by Crippen LogP contribution is 2.22. The molecule has 12 heavy (non-hydrogen) atoms. The zero-order chi connectivity index (χ0) is 8.86. The van der Waals surface area contributed by atoms with Crippen LogP contribution < -0.4 is 5.32 Å². The highest BCUT2D eigenvalue weighted by molar-refractivity contribution is 4.90.